The van der Waals surface area contributed by atoms with Crippen LogP contribution in [0.4, 0.5) is 5.69 Å². The van der Waals surface area contributed by atoms with E-state index in [0.717, 1.165) is 50.3 Å². The predicted molar refractivity (Wildman–Crippen MR) is 106 cm³/mol. The third-order valence-electron chi connectivity index (χ3n) is 4.64. The fourth-order valence-electron chi connectivity index (χ4n) is 3.03. The van der Waals surface area contributed by atoms with Gasteiger partial charge in [-0.25, -0.2) is 0 Å². The SMILES string of the molecule is CC(C)c1ccc2[nH]c(O)c(N=NC(=S)NCC[NH+]3CCOCC3)c2c1. The molecule has 0 amide bonds. The summed E-state index contributed by atoms with van der Waals surface area (Å²) in [6.07, 6.45) is 0. The minimum atomic E-state index is 0.00483. The first-order valence-corrected chi connectivity index (χ1v) is 9.41. The molecule has 0 spiro atoms. The van der Waals surface area contributed by atoms with E-state index < -0.39 is 0 Å². The lowest BCUT2D eigenvalue weighted by Crippen LogP contribution is -3.14. The van der Waals surface area contributed by atoms with Gasteiger partial charge in [-0.3, -0.25) is 0 Å². The van der Waals surface area contributed by atoms with Crippen molar-refractivity contribution in [3.05, 3.63) is 23.8 Å². The summed E-state index contributed by atoms with van der Waals surface area (Å²) in [5.74, 6) is 0.400. The van der Waals surface area contributed by atoms with Crippen LogP contribution in [0.15, 0.2) is 28.4 Å². The van der Waals surface area contributed by atoms with Crippen LogP contribution in [0.2, 0.25) is 0 Å². The zero-order valence-corrected chi connectivity index (χ0v) is 16.0. The van der Waals surface area contributed by atoms with Crippen LogP contribution in [-0.2, 0) is 4.74 Å². The number of nitrogens with one attached hydrogen (secondary N) is 3. The van der Waals surface area contributed by atoms with Crippen LogP contribution in [0.1, 0.15) is 25.3 Å². The molecule has 0 radical (unpaired) electrons. The number of aromatic amines is 1. The van der Waals surface area contributed by atoms with E-state index in [2.05, 4.69) is 34.4 Å². The first-order chi connectivity index (χ1) is 12.5. The quantitative estimate of drug-likeness (QED) is 0.474. The van der Waals surface area contributed by atoms with Crippen molar-refractivity contribution in [2.75, 3.05) is 39.4 Å². The lowest BCUT2D eigenvalue weighted by Gasteiger charge is -2.23. The standard InChI is InChI=1S/C18H25N5O2S/c1-12(2)13-3-4-15-14(11-13)16(17(24)20-15)21-22-18(26)19-5-6-23-7-9-25-10-8-23/h3-4,11-12,20,24H,5-10H2,1-2H3,(H,19,26)/p+1. The van der Waals surface area contributed by atoms with Crippen molar-refractivity contribution in [3.8, 4) is 5.88 Å². The molecule has 0 unspecified atom stereocenters. The van der Waals surface area contributed by atoms with Gasteiger partial charge >= 0.3 is 0 Å². The molecular weight excluding hydrogens is 350 g/mol. The van der Waals surface area contributed by atoms with E-state index in [1.54, 1.807) is 0 Å². The number of morpholine rings is 1. The van der Waals surface area contributed by atoms with Gasteiger partial charge in [0.1, 0.15) is 13.1 Å². The lowest BCUT2D eigenvalue weighted by molar-refractivity contribution is -0.906. The monoisotopic (exact) mass is 376 g/mol. The maximum atomic E-state index is 10.1. The van der Waals surface area contributed by atoms with Crippen LogP contribution < -0.4 is 10.2 Å². The first kappa shape index (κ1) is 18.8. The summed E-state index contributed by atoms with van der Waals surface area (Å²) >= 11 is 5.23. The van der Waals surface area contributed by atoms with Crippen molar-refractivity contribution >= 4 is 33.9 Å². The van der Waals surface area contributed by atoms with E-state index in [0.29, 0.717) is 16.7 Å². The number of quaternary nitrogens is 1. The number of thiocarbonyl (C=S) groups is 1. The van der Waals surface area contributed by atoms with Crippen molar-refractivity contribution in [2.24, 2.45) is 10.2 Å². The van der Waals surface area contributed by atoms with Crippen LogP contribution in [0.5, 0.6) is 5.88 Å². The van der Waals surface area contributed by atoms with E-state index in [-0.39, 0.29) is 5.88 Å². The summed E-state index contributed by atoms with van der Waals surface area (Å²) in [7, 11) is 0. The van der Waals surface area contributed by atoms with Gasteiger partial charge in [-0.15, -0.1) is 10.2 Å². The highest BCUT2D eigenvalue weighted by molar-refractivity contribution is 7.80. The zero-order chi connectivity index (χ0) is 18.5. The van der Waals surface area contributed by atoms with Crippen molar-refractivity contribution in [1.29, 1.82) is 0 Å². The maximum absolute atomic E-state index is 10.1. The largest absolute Gasteiger partial charge is 0.493 e. The molecule has 4 N–H and O–H groups in total. The summed E-state index contributed by atoms with van der Waals surface area (Å²) in [5, 5.41) is 22.7. The fourth-order valence-corrected chi connectivity index (χ4v) is 3.17. The van der Waals surface area contributed by atoms with Gasteiger partial charge in [0, 0.05) is 5.39 Å². The van der Waals surface area contributed by atoms with E-state index in [9.17, 15) is 5.11 Å². The molecule has 1 aliphatic heterocycles. The van der Waals surface area contributed by atoms with E-state index >= 15 is 0 Å². The Morgan fingerprint density at radius 3 is 2.88 bits per heavy atom. The van der Waals surface area contributed by atoms with E-state index in [4.69, 9.17) is 17.0 Å². The molecule has 3 rings (SSSR count). The predicted octanol–water partition coefficient (Wildman–Crippen LogP) is 1.87. The Morgan fingerprint density at radius 1 is 1.38 bits per heavy atom. The molecule has 1 aliphatic rings. The van der Waals surface area contributed by atoms with Gasteiger partial charge in [-0.1, -0.05) is 19.9 Å². The number of rotatable bonds is 5. The van der Waals surface area contributed by atoms with E-state index in [1.165, 1.54) is 10.5 Å². The van der Waals surface area contributed by atoms with Crippen molar-refractivity contribution in [3.63, 3.8) is 0 Å². The van der Waals surface area contributed by atoms with Gasteiger partial charge < -0.3 is 25.0 Å². The average Bonchev–Trinajstić information content (AvgIpc) is 2.95. The van der Waals surface area contributed by atoms with Gasteiger partial charge in [0.2, 0.25) is 11.0 Å². The Hall–Kier alpha value is -2.03. The molecular formula is C18H26N5O2S+. The normalized spacial score (nSPS) is 16.0. The maximum Gasteiger partial charge on any atom is 0.218 e. The molecule has 1 aromatic carbocycles. The number of ether oxygens (including phenoxy) is 1. The lowest BCUT2D eigenvalue weighted by atomic mass is 10.0. The van der Waals surface area contributed by atoms with E-state index in [1.807, 2.05) is 18.2 Å². The molecule has 0 atom stereocenters. The van der Waals surface area contributed by atoms with Crippen LogP contribution in [0.3, 0.4) is 0 Å². The summed E-state index contributed by atoms with van der Waals surface area (Å²) in [5.41, 5.74) is 2.43. The highest BCUT2D eigenvalue weighted by atomic mass is 32.1. The van der Waals surface area contributed by atoms with Gasteiger partial charge in [0.25, 0.3) is 0 Å². The van der Waals surface area contributed by atoms with Crippen LogP contribution >= 0.6 is 12.2 Å². The number of hydrogen-bond acceptors (Lipinski definition) is 4. The second kappa shape index (κ2) is 8.57. The first-order valence-electron chi connectivity index (χ1n) is 9.00. The molecule has 1 saturated heterocycles. The van der Waals surface area contributed by atoms with Crippen LogP contribution in [0, 0.1) is 0 Å². The minimum absolute atomic E-state index is 0.00483. The second-order valence-electron chi connectivity index (χ2n) is 6.83. The summed E-state index contributed by atoms with van der Waals surface area (Å²) in [4.78, 5) is 4.43. The number of H-pyrrole nitrogens is 1. The second-order valence-corrected chi connectivity index (χ2v) is 7.21. The van der Waals surface area contributed by atoms with Crippen molar-refractivity contribution in [2.45, 2.75) is 19.8 Å². The summed E-state index contributed by atoms with van der Waals surface area (Å²) in [6, 6.07) is 6.03. The Morgan fingerprint density at radius 2 is 2.15 bits per heavy atom. The van der Waals surface area contributed by atoms with Gasteiger partial charge in [0.15, 0.2) is 5.69 Å². The molecule has 2 aromatic rings. The minimum Gasteiger partial charge on any atom is -0.493 e. The van der Waals surface area contributed by atoms with Gasteiger partial charge in [-0.2, -0.15) is 0 Å². The Bertz CT molecular complexity index is 796. The number of aromatic nitrogens is 1. The number of aromatic hydroxyl groups is 1. The van der Waals surface area contributed by atoms with Crippen molar-refractivity contribution < 1.29 is 14.7 Å². The molecule has 1 aromatic heterocycles. The molecule has 26 heavy (non-hydrogen) atoms. The molecule has 8 heteroatoms. The molecule has 0 bridgehead atoms. The number of fused-ring (bicyclic) bond motifs is 1. The molecule has 140 valence electrons. The number of hydrogen-bond donors (Lipinski definition) is 4. The number of benzene rings is 1. The Kier molecular flexibility index (Phi) is 6.18. The highest BCUT2D eigenvalue weighted by Crippen LogP contribution is 2.36. The molecule has 2 heterocycles. The van der Waals surface area contributed by atoms with Crippen LogP contribution in [0.25, 0.3) is 10.9 Å². The fraction of sp³-hybridized carbons (Fsp3) is 0.500. The smallest absolute Gasteiger partial charge is 0.218 e. The molecule has 0 aliphatic carbocycles. The number of azo groups is 1. The van der Waals surface area contributed by atoms with Crippen LogP contribution in [-0.4, -0.2) is 54.6 Å². The topological polar surface area (TPSA) is 86.4 Å². The zero-order valence-electron chi connectivity index (χ0n) is 15.2. The molecule has 0 saturated carbocycles. The van der Waals surface area contributed by atoms with Gasteiger partial charge in [-0.05, 0) is 35.8 Å². The third-order valence-corrected chi connectivity index (χ3v) is 4.86. The number of nitrogens with zero attached hydrogens (tertiary/aromatic N) is 2. The summed E-state index contributed by atoms with van der Waals surface area (Å²) < 4.78 is 5.35. The Balaban J connectivity index is 1.62. The molecule has 7 nitrogen and oxygen atoms in total. The summed E-state index contributed by atoms with van der Waals surface area (Å²) in [6.45, 7) is 9.65. The highest BCUT2D eigenvalue weighted by Gasteiger charge is 2.14. The molecule has 1 fully saturated rings. The van der Waals surface area contributed by atoms with Gasteiger partial charge in [0.05, 0.1) is 31.8 Å². The average molecular weight is 377 g/mol. The third kappa shape index (κ3) is 4.57. The Labute approximate surface area is 158 Å². The van der Waals surface area contributed by atoms with Crippen molar-refractivity contribution in [1.82, 2.24) is 10.3 Å².